The second-order valence-electron chi connectivity index (χ2n) is 8.02. The summed E-state index contributed by atoms with van der Waals surface area (Å²) in [6.07, 6.45) is 2.78. The number of nitrogens with zero attached hydrogens (tertiary/aromatic N) is 1. The molecule has 5 nitrogen and oxygen atoms in total. The van der Waals surface area contributed by atoms with Crippen molar-refractivity contribution in [2.24, 2.45) is 0 Å². The number of aliphatic hydroxyl groups is 1. The summed E-state index contributed by atoms with van der Waals surface area (Å²) in [7, 11) is 0. The van der Waals surface area contributed by atoms with Crippen LogP contribution < -0.4 is 4.74 Å². The Kier molecular flexibility index (Phi) is 7.16. The average molecular weight is 422 g/mol. The first-order valence-corrected chi connectivity index (χ1v) is 11.0. The number of aryl methyl sites for hydroxylation is 2. The highest BCUT2D eigenvalue weighted by atomic mass is 16.5. The van der Waals surface area contributed by atoms with Crippen LogP contribution in [-0.2, 0) is 9.59 Å². The lowest BCUT2D eigenvalue weighted by atomic mass is 9.93. The van der Waals surface area contributed by atoms with Gasteiger partial charge in [-0.25, -0.2) is 0 Å². The van der Waals surface area contributed by atoms with Gasteiger partial charge < -0.3 is 14.7 Å². The topological polar surface area (TPSA) is 66.8 Å². The summed E-state index contributed by atoms with van der Waals surface area (Å²) in [5, 5.41) is 11.3. The van der Waals surface area contributed by atoms with E-state index in [9.17, 15) is 14.7 Å². The van der Waals surface area contributed by atoms with Crippen LogP contribution in [0.4, 0.5) is 0 Å². The van der Waals surface area contributed by atoms with Crippen molar-refractivity contribution >= 4 is 17.4 Å². The lowest BCUT2D eigenvalue weighted by molar-refractivity contribution is -0.139. The van der Waals surface area contributed by atoms with E-state index in [0.29, 0.717) is 24.5 Å². The maximum atomic E-state index is 13.1. The van der Waals surface area contributed by atoms with Gasteiger partial charge in [0, 0.05) is 12.1 Å². The molecular weight excluding hydrogens is 390 g/mol. The molecule has 1 N–H and O–H groups in total. The van der Waals surface area contributed by atoms with E-state index in [0.717, 1.165) is 36.0 Å². The second-order valence-corrected chi connectivity index (χ2v) is 8.02. The zero-order chi connectivity index (χ0) is 22.5. The van der Waals surface area contributed by atoms with Crippen molar-refractivity contribution in [3.05, 3.63) is 70.3 Å². The van der Waals surface area contributed by atoms with Gasteiger partial charge in [0.05, 0.1) is 18.2 Å². The minimum absolute atomic E-state index is 0.121. The quantitative estimate of drug-likeness (QED) is 0.271. The number of unbranched alkanes of at least 4 members (excludes halogenated alkanes) is 2. The zero-order valence-electron chi connectivity index (χ0n) is 18.8. The summed E-state index contributed by atoms with van der Waals surface area (Å²) in [4.78, 5) is 27.7. The van der Waals surface area contributed by atoms with Gasteiger partial charge in [0.25, 0.3) is 11.7 Å². The number of hydrogen-bond donors (Lipinski definition) is 1. The third-order valence-electron chi connectivity index (χ3n) is 5.68. The molecule has 1 saturated heterocycles. The Morgan fingerprint density at radius 2 is 1.84 bits per heavy atom. The van der Waals surface area contributed by atoms with E-state index in [1.165, 1.54) is 0 Å². The minimum Gasteiger partial charge on any atom is -0.507 e. The molecule has 5 heteroatoms. The highest BCUT2D eigenvalue weighted by Gasteiger charge is 2.46. The fraction of sp³-hybridized carbons (Fsp3) is 0.385. The van der Waals surface area contributed by atoms with Crippen LogP contribution in [-0.4, -0.2) is 34.8 Å². The van der Waals surface area contributed by atoms with Crippen molar-refractivity contribution in [3.8, 4) is 5.75 Å². The molecule has 1 unspecified atom stereocenters. The van der Waals surface area contributed by atoms with Crippen LogP contribution in [0.3, 0.4) is 0 Å². The summed E-state index contributed by atoms with van der Waals surface area (Å²) < 4.78 is 5.64. The number of aliphatic hydroxyl groups excluding tert-OH is 1. The van der Waals surface area contributed by atoms with Crippen molar-refractivity contribution in [2.45, 2.75) is 53.0 Å². The van der Waals surface area contributed by atoms with Gasteiger partial charge in [-0.2, -0.15) is 0 Å². The fourth-order valence-corrected chi connectivity index (χ4v) is 4.07. The molecule has 1 fully saturated rings. The summed E-state index contributed by atoms with van der Waals surface area (Å²) in [5.41, 5.74) is 3.30. The van der Waals surface area contributed by atoms with E-state index in [4.69, 9.17) is 4.74 Å². The molecule has 0 spiro atoms. The van der Waals surface area contributed by atoms with Crippen LogP contribution in [0, 0.1) is 13.8 Å². The molecule has 2 aromatic carbocycles. The number of carbonyl (C=O) groups excluding carboxylic acids is 2. The van der Waals surface area contributed by atoms with Crippen LogP contribution in [0.5, 0.6) is 5.75 Å². The highest BCUT2D eigenvalue weighted by molar-refractivity contribution is 6.46. The number of amides is 1. The molecule has 0 radical (unpaired) electrons. The summed E-state index contributed by atoms with van der Waals surface area (Å²) >= 11 is 0. The van der Waals surface area contributed by atoms with Crippen molar-refractivity contribution in [2.75, 3.05) is 13.2 Å². The van der Waals surface area contributed by atoms with Gasteiger partial charge in [0.2, 0.25) is 0 Å². The molecule has 1 heterocycles. The Balaban J connectivity index is 2.17. The predicted molar refractivity (Wildman–Crippen MR) is 122 cm³/mol. The number of benzene rings is 2. The van der Waals surface area contributed by atoms with Gasteiger partial charge in [-0.15, -0.1) is 0 Å². The van der Waals surface area contributed by atoms with Gasteiger partial charge in [-0.1, -0.05) is 49.6 Å². The first-order chi connectivity index (χ1) is 14.9. The molecular formula is C26H31NO4. The van der Waals surface area contributed by atoms with Gasteiger partial charge in [0.1, 0.15) is 11.5 Å². The molecule has 0 aliphatic carbocycles. The van der Waals surface area contributed by atoms with E-state index in [1.54, 1.807) is 4.90 Å². The second kappa shape index (κ2) is 9.82. The number of hydrogen-bond acceptors (Lipinski definition) is 4. The van der Waals surface area contributed by atoms with Crippen molar-refractivity contribution in [3.63, 3.8) is 0 Å². The van der Waals surface area contributed by atoms with E-state index in [1.807, 2.05) is 63.2 Å². The third-order valence-corrected chi connectivity index (χ3v) is 5.68. The summed E-state index contributed by atoms with van der Waals surface area (Å²) in [5.74, 6) is -0.647. The number of rotatable bonds is 8. The van der Waals surface area contributed by atoms with E-state index in [-0.39, 0.29) is 11.3 Å². The normalized spacial score (nSPS) is 17.9. The highest BCUT2D eigenvalue weighted by Crippen LogP contribution is 2.41. The van der Waals surface area contributed by atoms with Gasteiger partial charge in [-0.3, -0.25) is 9.59 Å². The van der Waals surface area contributed by atoms with Crippen LogP contribution in [0.1, 0.15) is 61.4 Å². The molecule has 3 rings (SSSR count). The first kappa shape index (κ1) is 22.6. The largest absolute Gasteiger partial charge is 0.507 e. The Bertz CT molecular complexity index is 1010. The molecule has 2 aromatic rings. The Labute approximate surface area is 184 Å². The van der Waals surface area contributed by atoms with Crippen LogP contribution in [0.25, 0.3) is 5.76 Å². The fourth-order valence-electron chi connectivity index (χ4n) is 4.07. The molecule has 31 heavy (non-hydrogen) atoms. The Hall–Kier alpha value is -3.08. The Morgan fingerprint density at radius 1 is 1.06 bits per heavy atom. The summed E-state index contributed by atoms with van der Waals surface area (Å²) in [6.45, 7) is 8.80. The van der Waals surface area contributed by atoms with Crippen molar-refractivity contribution in [1.82, 2.24) is 4.90 Å². The number of ketones is 1. The summed E-state index contributed by atoms with van der Waals surface area (Å²) in [6, 6.07) is 12.5. The molecule has 164 valence electrons. The smallest absolute Gasteiger partial charge is 0.295 e. The molecule has 0 saturated carbocycles. The molecule has 1 atom stereocenters. The maximum Gasteiger partial charge on any atom is 0.295 e. The molecule has 0 aromatic heterocycles. The molecule has 1 aliphatic heterocycles. The minimum atomic E-state index is -0.642. The SMILES string of the molecule is CCCCCN1C(=O)C(=O)/C(=C(/O)c2cc(C)ccc2C)C1c1cccc(OCC)c1. The monoisotopic (exact) mass is 421 g/mol. The van der Waals surface area contributed by atoms with E-state index >= 15 is 0 Å². The number of likely N-dealkylation sites (tertiary alicyclic amines) is 1. The van der Waals surface area contributed by atoms with Crippen molar-refractivity contribution in [1.29, 1.82) is 0 Å². The third kappa shape index (κ3) is 4.66. The van der Waals surface area contributed by atoms with Gasteiger partial charge in [0.15, 0.2) is 0 Å². The average Bonchev–Trinajstić information content (AvgIpc) is 3.00. The Morgan fingerprint density at radius 3 is 2.55 bits per heavy atom. The van der Waals surface area contributed by atoms with E-state index in [2.05, 4.69) is 6.92 Å². The van der Waals surface area contributed by atoms with Gasteiger partial charge in [-0.05, 0) is 56.5 Å². The van der Waals surface area contributed by atoms with Crippen LogP contribution in [0.2, 0.25) is 0 Å². The zero-order valence-corrected chi connectivity index (χ0v) is 18.8. The molecule has 0 bridgehead atoms. The van der Waals surface area contributed by atoms with Gasteiger partial charge >= 0.3 is 0 Å². The maximum absolute atomic E-state index is 13.1. The first-order valence-electron chi connectivity index (χ1n) is 11.0. The standard InChI is InChI=1S/C26H31NO4/c1-5-7-8-14-27-23(19-10-9-11-20(16-19)31-6-2)22(25(29)26(27)30)24(28)21-15-17(3)12-13-18(21)4/h9-13,15-16,23,28H,5-8,14H2,1-4H3/b24-22+. The molecule has 1 amide bonds. The van der Waals surface area contributed by atoms with E-state index < -0.39 is 17.7 Å². The van der Waals surface area contributed by atoms with Crippen LogP contribution >= 0.6 is 0 Å². The lowest BCUT2D eigenvalue weighted by Gasteiger charge is -2.26. The van der Waals surface area contributed by atoms with Crippen molar-refractivity contribution < 1.29 is 19.4 Å². The number of carbonyl (C=O) groups is 2. The lowest BCUT2D eigenvalue weighted by Crippen LogP contribution is -2.30. The number of Topliss-reactive ketones (excluding diaryl/α,β-unsaturated/α-hetero) is 1. The predicted octanol–water partition coefficient (Wildman–Crippen LogP) is 5.31. The van der Waals surface area contributed by atoms with Crippen LogP contribution in [0.15, 0.2) is 48.0 Å². The number of ether oxygens (including phenoxy) is 1. The molecule has 1 aliphatic rings.